The van der Waals surface area contributed by atoms with Crippen molar-refractivity contribution < 1.29 is 14.3 Å². The second-order valence-electron chi connectivity index (χ2n) is 6.27. The Morgan fingerprint density at radius 2 is 1.86 bits per heavy atom. The molecule has 0 spiro atoms. The van der Waals surface area contributed by atoms with E-state index in [4.69, 9.17) is 4.74 Å². The number of amides is 2. The predicted octanol–water partition coefficient (Wildman–Crippen LogP) is -0.164. The standard InChI is InChI=1S/C15H25N3O3/c19-14(10-12-3-4-16-11-12)17-5-7-18(8-6-17)15(20)13-2-1-9-21-13/h12-13,16H,1-11H2. The molecule has 3 rings (SSSR count). The van der Waals surface area contributed by atoms with E-state index in [2.05, 4.69) is 5.32 Å². The van der Waals surface area contributed by atoms with E-state index in [9.17, 15) is 9.59 Å². The van der Waals surface area contributed by atoms with Gasteiger partial charge in [-0.3, -0.25) is 9.59 Å². The van der Waals surface area contributed by atoms with Crippen molar-refractivity contribution in [1.29, 1.82) is 0 Å². The summed E-state index contributed by atoms with van der Waals surface area (Å²) in [4.78, 5) is 28.3. The average molecular weight is 295 g/mol. The van der Waals surface area contributed by atoms with E-state index in [0.717, 1.165) is 32.4 Å². The van der Waals surface area contributed by atoms with Gasteiger partial charge < -0.3 is 19.9 Å². The fourth-order valence-corrected chi connectivity index (χ4v) is 3.42. The number of ether oxygens (including phenoxy) is 1. The van der Waals surface area contributed by atoms with E-state index in [1.807, 2.05) is 9.80 Å². The van der Waals surface area contributed by atoms with Crippen LogP contribution in [0.3, 0.4) is 0 Å². The fraction of sp³-hybridized carbons (Fsp3) is 0.867. The molecular weight excluding hydrogens is 270 g/mol. The van der Waals surface area contributed by atoms with Gasteiger partial charge in [-0.2, -0.15) is 0 Å². The molecule has 6 nitrogen and oxygen atoms in total. The molecule has 3 heterocycles. The lowest BCUT2D eigenvalue weighted by Crippen LogP contribution is -2.53. The SMILES string of the molecule is O=C(CC1CCNC1)N1CCN(C(=O)C2CCCO2)CC1. The first-order valence-electron chi connectivity index (χ1n) is 8.13. The molecule has 0 aromatic carbocycles. The first-order chi connectivity index (χ1) is 10.2. The van der Waals surface area contributed by atoms with Gasteiger partial charge in [0.05, 0.1) is 0 Å². The summed E-state index contributed by atoms with van der Waals surface area (Å²) in [5.74, 6) is 0.844. The number of hydrogen-bond acceptors (Lipinski definition) is 4. The van der Waals surface area contributed by atoms with Crippen LogP contribution in [0.2, 0.25) is 0 Å². The number of carbonyl (C=O) groups excluding carboxylic acids is 2. The lowest BCUT2D eigenvalue weighted by atomic mass is 10.0. The van der Waals surface area contributed by atoms with E-state index in [0.29, 0.717) is 45.1 Å². The molecular formula is C15H25N3O3. The maximum absolute atomic E-state index is 12.3. The molecule has 0 bridgehead atoms. The van der Waals surface area contributed by atoms with Crippen LogP contribution in [0.4, 0.5) is 0 Å². The van der Waals surface area contributed by atoms with Gasteiger partial charge >= 0.3 is 0 Å². The van der Waals surface area contributed by atoms with Crippen LogP contribution in [0, 0.1) is 5.92 Å². The highest BCUT2D eigenvalue weighted by Crippen LogP contribution is 2.18. The number of rotatable bonds is 3. The van der Waals surface area contributed by atoms with Crippen LogP contribution in [0.25, 0.3) is 0 Å². The minimum atomic E-state index is -0.239. The van der Waals surface area contributed by atoms with Gasteiger partial charge in [0.1, 0.15) is 6.10 Å². The first-order valence-corrected chi connectivity index (χ1v) is 8.13. The summed E-state index contributed by atoms with van der Waals surface area (Å²) in [6.45, 7) is 5.31. The van der Waals surface area contributed by atoms with Gasteiger partial charge in [0.15, 0.2) is 0 Å². The lowest BCUT2D eigenvalue weighted by Gasteiger charge is -2.36. The normalized spacial score (nSPS) is 29.9. The smallest absolute Gasteiger partial charge is 0.251 e. The Kier molecular flexibility index (Phi) is 4.75. The second-order valence-corrected chi connectivity index (χ2v) is 6.27. The second kappa shape index (κ2) is 6.75. The van der Waals surface area contributed by atoms with Gasteiger partial charge in [0.2, 0.25) is 5.91 Å². The number of carbonyl (C=O) groups is 2. The Bertz CT molecular complexity index is 382. The van der Waals surface area contributed by atoms with E-state index in [1.54, 1.807) is 0 Å². The van der Waals surface area contributed by atoms with Crippen molar-refractivity contribution in [1.82, 2.24) is 15.1 Å². The van der Waals surface area contributed by atoms with Crippen molar-refractivity contribution in [3.63, 3.8) is 0 Å². The largest absolute Gasteiger partial charge is 0.368 e. The molecule has 3 fully saturated rings. The molecule has 0 aliphatic carbocycles. The number of nitrogens with zero attached hydrogens (tertiary/aromatic N) is 2. The molecule has 3 aliphatic heterocycles. The summed E-state index contributed by atoms with van der Waals surface area (Å²) in [6, 6.07) is 0. The molecule has 2 amide bonds. The highest BCUT2D eigenvalue weighted by molar-refractivity contribution is 5.82. The molecule has 21 heavy (non-hydrogen) atoms. The third-order valence-electron chi connectivity index (χ3n) is 4.77. The highest BCUT2D eigenvalue weighted by Gasteiger charge is 2.31. The zero-order valence-corrected chi connectivity index (χ0v) is 12.6. The maximum Gasteiger partial charge on any atom is 0.251 e. The van der Waals surface area contributed by atoms with Crippen LogP contribution in [-0.4, -0.2) is 73.6 Å². The quantitative estimate of drug-likeness (QED) is 0.786. The molecule has 118 valence electrons. The van der Waals surface area contributed by atoms with Crippen molar-refractivity contribution in [3.05, 3.63) is 0 Å². The zero-order chi connectivity index (χ0) is 14.7. The van der Waals surface area contributed by atoms with Crippen LogP contribution in [0.15, 0.2) is 0 Å². The summed E-state index contributed by atoms with van der Waals surface area (Å²) in [5.41, 5.74) is 0. The van der Waals surface area contributed by atoms with Crippen LogP contribution < -0.4 is 5.32 Å². The molecule has 3 saturated heterocycles. The fourth-order valence-electron chi connectivity index (χ4n) is 3.42. The predicted molar refractivity (Wildman–Crippen MR) is 77.7 cm³/mol. The van der Waals surface area contributed by atoms with Gasteiger partial charge in [0, 0.05) is 39.2 Å². The van der Waals surface area contributed by atoms with E-state index < -0.39 is 0 Å². The number of nitrogens with one attached hydrogen (secondary N) is 1. The number of hydrogen-bond donors (Lipinski definition) is 1. The van der Waals surface area contributed by atoms with Crippen molar-refractivity contribution >= 4 is 11.8 Å². The molecule has 0 saturated carbocycles. The van der Waals surface area contributed by atoms with Gasteiger partial charge in [0.25, 0.3) is 5.91 Å². The average Bonchev–Trinajstić information content (AvgIpc) is 3.20. The van der Waals surface area contributed by atoms with Crippen molar-refractivity contribution in [2.75, 3.05) is 45.9 Å². The molecule has 1 N–H and O–H groups in total. The Morgan fingerprint density at radius 1 is 1.10 bits per heavy atom. The molecule has 0 radical (unpaired) electrons. The summed E-state index contributed by atoms with van der Waals surface area (Å²) >= 11 is 0. The highest BCUT2D eigenvalue weighted by atomic mass is 16.5. The molecule has 6 heteroatoms. The third-order valence-corrected chi connectivity index (χ3v) is 4.77. The maximum atomic E-state index is 12.3. The van der Waals surface area contributed by atoms with Gasteiger partial charge in [-0.25, -0.2) is 0 Å². The van der Waals surface area contributed by atoms with Gasteiger partial charge in [-0.05, 0) is 38.3 Å². The molecule has 2 atom stereocenters. The first kappa shape index (κ1) is 14.8. The summed E-state index contributed by atoms with van der Waals surface area (Å²) in [7, 11) is 0. The topological polar surface area (TPSA) is 61.9 Å². The number of piperazine rings is 1. The Balaban J connectivity index is 1.43. The molecule has 0 aromatic heterocycles. The van der Waals surface area contributed by atoms with Gasteiger partial charge in [-0.15, -0.1) is 0 Å². The van der Waals surface area contributed by atoms with Gasteiger partial charge in [-0.1, -0.05) is 0 Å². The van der Waals surface area contributed by atoms with Crippen molar-refractivity contribution in [2.45, 2.75) is 31.8 Å². The Labute approximate surface area is 125 Å². The molecule has 2 unspecified atom stereocenters. The van der Waals surface area contributed by atoms with Crippen LogP contribution in [-0.2, 0) is 14.3 Å². The van der Waals surface area contributed by atoms with E-state index >= 15 is 0 Å². The summed E-state index contributed by atoms with van der Waals surface area (Å²) in [5, 5.41) is 3.30. The minimum absolute atomic E-state index is 0.111. The Hall–Kier alpha value is -1.14. The third kappa shape index (κ3) is 3.55. The molecule has 0 aromatic rings. The van der Waals surface area contributed by atoms with E-state index in [1.165, 1.54) is 0 Å². The van der Waals surface area contributed by atoms with Crippen LogP contribution >= 0.6 is 0 Å². The van der Waals surface area contributed by atoms with Crippen LogP contribution in [0.1, 0.15) is 25.7 Å². The Morgan fingerprint density at radius 3 is 2.48 bits per heavy atom. The summed E-state index contributed by atoms with van der Waals surface area (Å²) < 4.78 is 5.45. The van der Waals surface area contributed by atoms with E-state index in [-0.39, 0.29) is 17.9 Å². The molecule has 3 aliphatic rings. The summed E-state index contributed by atoms with van der Waals surface area (Å²) in [6.07, 6.45) is 3.32. The monoisotopic (exact) mass is 295 g/mol. The zero-order valence-electron chi connectivity index (χ0n) is 12.6. The van der Waals surface area contributed by atoms with Crippen molar-refractivity contribution in [3.8, 4) is 0 Å². The minimum Gasteiger partial charge on any atom is -0.368 e. The van der Waals surface area contributed by atoms with Crippen molar-refractivity contribution in [2.24, 2.45) is 5.92 Å². The lowest BCUT2D eigenvalue weighted by molar-refractivity contribution is -0.146. The van der Waals surface area contributed by atoms with Crippen LogP contribution in [0.5, 0.6) is 0 Å².